The monoisotopic (exact) mass is 473 g/mol. The number of amides is 1. The number of benzene rings is 2. The summed E-state index contributed by atoms with van der Waals surface area (Å²) in [6.45, 7) is 0. The highest BCUT2D eigenvalue weighted by molar-refractivity contribution is 5.98. The van der Waals surface area contributed by atoms with Crippen molar-refractivity contribution in [3.8, 4) is 39.7 Å². The summed E-state index contributed by atoms with van der Waals surface area (Å²) < 4.78 is 22.7. The number of hydrogen-bond donors (Lipinski definition) is 2. The molecular weight excluding hydrogens is 446 g/mol. The first kappa shape index (κ1) is 22.7. The van der Waals surface area contributed by atoms with E-state index in [9.17, 15) is 4.79 Å². The predicted molar refractivity (Wildman–Crippen MR) is 133 cm³/mol. The predicted octanol–water partition coefficient (Wildman–Crippen LogP) is 4.41. The van der Waals surface area contributed by atoms with E-state index in [-0.39, 0.29) is 18.0 Å². The van der Waals surface area contributed by atoms with Crippen LogP contribution in [-0.4, -0.2) is 44.3 Å². The number of ether oxygens (including phenoxy) is 3. The molecule has 1 aliphatic rings. The zero-order valence-electron chi connectivity index (χ0n) is 19.8. The molecule has 0 atom stereocenters. The minimum Gasteiger partial charge on any atom is -0.493 e. The number of rotatable bonds is 7. The summed E-state index contributed by atoms with van der Waals surface area (Å²) in [6, 6.07) is 15.2. The van der Waals surface area contributed by atoms with Crippen molar-refractivity contribution in [2.75, 3.05) is 21.3 Å². The Labute approximate surface area is 203 Å². The molecule has 4 aromatic rings. The largest absolute Gasteiger partial charge is 0.493 e. The van der Waals surface area contributed by atoms with E-state index in [1.807, 2.05) is 42.5 Å². The molecule has 1 aliphatic carbocycles. The van der Waals surface area contributed by atoms with E-state index < -0.39 is 0 Å². The lowest BCUT2D eigenvalue weighted by atomic mass is 9.87. The number of nitrogens with two attached hydrogens (primary N) is 1. The summed E-state index contributed by atoms with van der Waals surface area (Å²) in [5.74, 6) is 2.07. The number of nitrogens with zero attached hydrogens (tertiary/aromatic N) is 1. The molecule has 0 unspecified atom stereocenters. The number of pyridine rings is 1. The fourth-order valence-electron chi connectivity index (χ4n) is 4.41. The van der Waals surface area contributed by atoms with E-state index in [2.05, 4.69) is 10.3 Å². The Morgan fingerprint density at radius 3 is 2.40 bits per heavy atom. The molecule has 5 rings (SSSR count). The van der Waals surface area contributed by atoms with Crippen molar-refractivity contribution in [1.82, 2.24) is 10.3 Å². The summed E-state index contributed by atoms with van der Waals surface area (Å²) in [5, 5.41) is 3.05. The molecule has 0 aliphatic heterocycles. The van der Waals surface area contributed by atoms with Crippen LogP contribution in [0.3, 0.4) is 0 Å². The summed E-state index contributed by atoms with van der Waals surface area (Å²) in [6.07, 6.45) is 3.35. The van der Waals surface area contributed by atoms with E-state index in [0.29, 0.717) is 39.7 Å². The van der Waals surface area contributed by atoms with Crippen molar-refractivity contribution < 1.29 is 23.4 Å². The van der Waals surface area contributed by atoms with Crippen LogP contribution in [0.2, 0.25) is 0 Å². The van der Waals surface area contributed by atoms with Gasteiger partial charge in [-0.15, -0.1) is 0 Å². The number of methoxy groups -OCH3 is 3. The van der Waals surface area contributed by atoms with Crippen LogP contribution in [0.15, 0.2) is 59.1 Å². The van der Waals surface area contributed by atoms with Gasteiger partial charge in [0.2, 0.25) is 5.75 Å². The van der Waals surface area contributed by atoms with Gasteiger partial charge in [0.15, 0.2) is 17.1 Å². The highest BCUT2D eigenvalue weighted by Crippen LogP contribution is 2.42. The second-order valence-electron chi connectivity index (χ2n) is 8.58. The Bertz CT molecular complexity index is 1370. The van der Waals surface area contributed by atoms with Gasteiger partial charge in [-0.3, -0.25) is 9.78 Å². The minimum absolute atomic E-state index is 0.105. The summed E-state index contributed by atoms with van der Waals surface area (Å²) >= 11 is 0. The first-order valence-electron chi connectivity index (χ1n) is 11.4. The minimum atomic E-state index is -0.105. The fourth-order valence-corrected chi connectivity index (χ4v) is 4.41. The van der Waals surface area contributed by atoms with E-state index in [4.69, 9.17) is 24.4 Å². The SMILES string of the molecule is COc1cc(-c2cc3nccc(-c4cccc(C(=O)NC5CC(N)C5)c4)c3o2)cc(OC)c1OC. The lowest BCUT2D eigenvalue weighted by Crippen LogP contribution is -2.50. The molecule has 1 amide bonds. The maximum atomic E-state index is 12.7. The number of aromatic nitrogens is 1. The zero-order valence-corrected chi connectivity index (χ0v) is 19.8. The highest BCUT2D eigenvalue weighted by atomic mass is 16.5. The van der Waals surface area contributed by atoms with E-state index >= 15 is 0 Å². The van der Waals surface area contributed by atoms with Crippen LogP contribution in [0.25, 0.3) is 33.6 Å². The lowest BCUT2D eigenvalue weighted by Gasteiger charge is -2.32. The summed E-state index contributed by atoms with van der Waals surface area (Å²) in [5.41, 5.74) is 10.2. The number of hydrogen-bond acceptors (Lipinski definition) is 7. The Balaban J connectivity index is 1.51. The van der Waals surface area contributed by atoms with Crippen LogP contribution in [0, 0.1) is 0 Å². The molecule has 2 aromatic carbocycles. The maximum absolute atomic E-state index is 12.7. The van der Waals surface area contributed by atoms with Crippen molar-refractivity contribution in [2.24, 2.45) is 5.73 Å². The maximum Gasteiger partial charge on any atom is 0.251 e. The van der Waals surface area contributed by atoms with Gasteiger partial charge in [0.25, 0.3) is 5.91 Å². The number of fused-ring (bicyclic) bond motifs is 1. The van der Waals surface area contributed by atoms with Gasteiger partial charge in [-0.05, 0) is 48.7 Å². The standard InChI is InChI=1S/C27H27N3O5/c1-32-23-10-17(11-24(33-2)26(23)34-3)22-14-21-25(35-22)20(7-8-29-21)15-5-4-6-16(9-15)27(31)30-19-12-18(28)13-19/h4-11,14,18-19H,12-13,28H2,1-3H3,(H,30,31). The number of nitrogens with one attached hydrogen (secondary N) is 1. The topological polar surface area (TPSA) is 109 Å². The molecule has 0 spiro atoms. The third-order valence-electron chi connectivity index (χ3n) is 6.31. The van der Waals surface area contributed by atoms with Gasteiger partial charge < -0.3 is 29.7 Å². The van der Waals surface area contributed by atoms with Crippen molar-refractivity contribution in [1.29, 1.82) is 0 Å². The Morgan fingerprint density at radius 1 is 1.00 bits per heavy atom. The van der Waals surface area contributed by atoms with Crippen molar-refractivity contribution >= 4 is 17.0 Å². The first-order chi connectivity index (χ1) is 17.0. The second-order valence-corrected chi connectivity index (χ2v) is 8.58. The first-order valence-corrected chi connectivity index (χ1v) is 11.4. The Hall–Kier alpha value is -4.04. The van der Waals surface area contributed by atoms with Gasteiger partial charge in [-0.1, -0.05) is 12.1 Å². The average Bonchev–Trinajstić information content (AvgIpc) is 3.31. The number of furan rings is 1. The van der Waals surface area contributed by atoms with E-state index in [1.54, 1.807) is 33.6 Å². The van der Waals surface area contributed by atoms with E-state index in [1.165, 1.54) is 0 Å². The number of carbonyl (C=O) groups excluding carboxylic acids is 1. The fraction of sp³-hybridized carbons (Fsp3) is 0.259. The normalized spacial score (nSPS) is 17.0. The third-order valence-corrected chi connectivity index (χ3v) is 6.31. The van der Waals surface area contributed by atoms with Gasteiger partial charge in [-0.2, -0.15) is 0 Å². The zero-order chi connectivity index (χ0) is 24.5. The molecule has 180 valence electrons. The smallest absolute Gasteiger partial charge is 0.251 e. The molecule has 1 saturated carbocycles. The van der Waals surface area contributed by atoms with Gasteiger partial charge in [0.1, 0.15) is 11.3 Å². The van der Waals surface area contributed by atoms with Gasteiger partial charge >= 0.3 is 0 Å². The molecule has 0 bridgehead atoms. The molecule has 3 N–H and O–H groups in total. The Kier molecular flexibility index (Phi) is 6.05. The van der Waals surface area contributed by atoms with Crippen LogP contribution in [0.4, 0.5) is 0 Å². The lowest BCUT2D eigenvalue weighted by molar-refractivity contribution is 0.0910. The van der Waals surface area contributed by atoms with Gasteiger partial charge in [0, 0.05) is 41.0 Å². The molecule has 2 aromatic heterocycles. The third kappa shape index (κ3) is 4.28. The molecule has 2 heterocycles. The van der Waals surface area contributed by atoms with Gasteiger partial charge in [-0.25, -0.2) is 0 Å². The average molecular weight is 474 g/mol. The van der Waals surface area contributed by atoms with Crippen LogP contribution in [0.1, 0.15) is 23.2 Å². The molecule has 8 nitrogen and oxygen atoms in total. The number of carbonyl (C=O) groups is 1. The molecule has 8 heteroatoms. The quantitative estimate of drug-likeness (QED) is 0.409. The highest BCUT2D eigenvalue weighted by Gasteiger charge is 2.27. The van der Waals surface area contributed by atoms with Crippen molar-refractivity contribution in [3.63, 3.8) is 0 Å². The molecular formula is C27H27N3O5. The molecule has 0 radical (unpaired) electrons. The van der Waals surface area contributed by atoms with Crippen LogP contribution < -0.4 is 25.3 Å². The van der Waals surface area contributed by atoms with Crippen LogP contribution >= 0.6 is 0 Å². The van der Waals surface area contributed by atoms with Crippen LogP contribution in [-0.2, 0) is 0 Å². The van der Waals surface area contributed by atoms with Crippen molar-refractivity contribution in [2.45, 2.75) is 24.9 Å². The second kappa shape index (κ2) is 9.31. The summed E-state index contributed by atoms with van der Waals surface area (Å²) in [4.78, 5) is 17.2. The summed E-state index contributed by atoms with van der Waals surface area (Å²) in [7, 11) is 4.70. The Morgan fingerprint density at radius 2 is 1.74 bits per heavy atom. The molecule has 0 saturated heterocycles. The van der Waals surface area contributed by atoms with Crippen LogP contribution in [0.5, 0.6) is 17.2 Å². The van der Waals surface area contributed by atoms with E-state index in [0.717, 1.165) is 29.5 Å². The molecule has 35 heavy (non-hydrogen) atoms. The van der Waals surface area contributed by atoms with Gasteiger partial charge in [0.05, 0.1) is 21.3 Å². The van der Waals surface area contributed by atoms with Crippen molar-refractivity contribution in [3.05, 3.63) is 60.3 Å². The molecule has 1 fully saturated rings.